The van der Waals surface area contributed by atoms with Gasteiger partial charge in [-0.2, -0.15) is 0 Å². The minimum atomic E-state index is -1.13. The Morgan fingerprint density at radius 1 is 1.65 bits per heavy atom. The number of thiophene rings is 1. The van der Waals surface area contributed by atoms with Crippen molar-refractivity contribution in [2.24, 2.45) is 0 Å². The Kier molecular flexibility index (Phi) is 3.19. The molecule has 1 aromatic rings. The van der Waals surface area contributed by atoms with Crippen LogP contribution in [0, 0.1) is 0 Å². The quantitative estimate of drug-likeness (QED) is 0.819. The lowest BCUT2D eigenvalue weighted by Gasteiger charge is -2.21. The summed E-state index contributed by atoms with van der Waals surface area (Å²) in [6.07, 6.45) is -1.09. The summed E-state index contributed by atoms with van der Waals surface area (Å²) in [7, 11) is 0. The number of carboxylic acids is 1. The molecule has 7 heteroatoms. The molecule has 1 aliphatic rings. The predicted molar refractivity (Wildman–Crippen MR) is 57.8 cm³/mol. The highest BCUT2D eigenvalue weighted by Gasteiger charge is 2.32. The van der Waals surface area contributed by atoms with Gasteiger partial charge in [-0.15, -0.1) is 11.3 Å². The Balaban J connectivity index is 2.25. The van der Waals surface area contributed by atoms with E-state index in [4.69, 9.17) is 19.3 Å². The van der Waals surface area contributed by atoms with E-state index in [9.17, 15) is 9.59 Å². The SMILES string of the molecule is CCOC(=O)c1scc2c1OC(C(=O)O)CO2. The lowest BCUT2D eigenvalue weighted by Crippen LogP contribution is -2.36. The van der Waals surface area contributed by atoms with Gasteiger partial charge in [0.25, 0.3) is 0 Å². The van der Waals surface area contributed by atoms with Crippen LogP contribution < -0.4 is 9.47 Å². The molecule has 0 amide bonds. The molecule has 0 spiro atoms. The van der Waals surface area contributed by atoms with Crippen LogP contribution in [0.4, 0.5) is 0 Å². The zero-order valence-corrected chi connectivity index (χ0v) is 9.78. The van der Waals surface area contributed by atoms with Crippen molar-refractivity contribution in [3.05, 3.63) is 10.3 Å². The first-order chi connectivity index (χ1) is 8.13. The fraction of sp³-hybridized carbons (Fsp3) is 0.400. The molecule has 2 heterocycles. The van der Waals surface area contributed by atoms with Gasteiger partial charge in [0.15, 0.2) is 16.4 Å². The Labute approximate surface area is 101 Å². The molecule has 0 aromatic carbocycles. The molecule has 0 bridgehead atoms. The largest absolute Gasteiger partial charge is 0.484 e. The van der Waals surface area contributed by atoms with Crippen molar-refractivity contribution in [2.75, 3.05) is 13.2 Å². The minimum absolute atomic E-state index is 0.0681. The van der Waals surface area contributed by atoms with E-state index in [1.54, 1.807) is 12.3 Å². The second kappa shape index (κ2) is 4.62. The van der Waals surface area contributed by atoms with E-state index < -0.39 is 18.0 Å². The fourth-order valence-electron chi connectivity index (χ4n) is 1.34. The Hall–Kier alpha value is -1.76. The third-order valence-corrected chi connectivity index (χ3v) is 3.02. The number of aliphatic carboxylic acids is 1. The average Bonchev–Trinajstić information content (AvgIpc) is 2.71. The topological polar surface area (TPSA) is 82.1 Å². The maximum atomic E-state index is 11.6. The van der Waals surface area contributed by atoms with Gasteiger partial charge in [-0.05, 0) is 6.92 Å². The van der Waals surface area contributed by atoms with Gasteiger partial charge in [0.2, 0.25) is 6.10 Å². The molecular weight excluding hydrogens is 248 g/mol. The van der Waals surface area contributed by atoms with Crippen LogP contribution in [0.1, 0.15) is 16.6 Å². The molecule has 0 saturated heterocycles. The highest BCUT2D eigenvalue weighted by molar-refractivity contribution is 7.12. The zero-order chi connectivity index (χ0) is 12.4. The molecule has 1 aromatic heterocycles. The van der Waals surface area contributed by atoms with Crippen molar-refractivity contribution in [1.82, 2.24) is 0 Å². The number of carbonyl (C=O) groups excluding carboxylic acids is 1. The van der Waals surface area contributed by atoms with Gasteiger partial charge in [0, 0.05) is 5.38 Å². The number of fused-ring (bicyclic) bond motifs is 1. The highest BCUT2D eigenvalue weighted by Crippen LogP contribution is 2.40. The molecule has 2 rings (SSSR count). The van der Waals surface area contributed by atoms with Gasteiger partial charge in [-0.25, -0.2) is 9.59 Å². The molecule has 0 fully saturated rings. The van der Waals surface area contributed by atoms with Gasteiger partial charge in [0.05, 0.1) is 6.61 Å². The number of hydrogen-bond acceptors (Lipinski definition) is 6. The Morgan fingerprint density at radius 3 is 3.06 bits per heavy atom. The van der Waals surface area contributed by atoms with Gasteiger partial charge < -0.3 is 19.3 Å². The zero-order valence-electron chi connectivity index (χ0n) is 8.97. The van der Waals surface area contributed by atoms with E-state index in [0.29, 0.717) is 5.75 Å². The number of hydrogen-bond donors (Lipinski definition) is 1. The van der Waals surface area contributed by atoms with Crippen LogP contribution in [0.25, 0.3) is 0 Å². The van der Waals surface area contributed by atoms with Gasteiger partial charge in [-0.3, -0.25) is 0 Å². The molecule has 1 aliphatic heterocycles. The van der Waals surface area contributed by atoms with E-state index >= 15 is 0 Å². The maximum Gasteiger partial charge on any atom is 0.352 e. The number of carbonyl (C=O) groups is 2. The van der Waals surface area contributed by atoms with Crippen molar-refractivity contribution >= 4 is 23.3 Å². The normalized spacial score (nSPS) is 17.6. The minimum Gasteiger partial charge on any atom is -0.484 e. The number of esters is 1. The lowest BCUT2D eigenvalue weighted by atomic mass is 10.3. The first kappa shape index (κ1) is 11.7. The Bertz CT molecular complexity index is 452. The average molecular weight is 258 g/mol. The third kappa shape index (κ3) is 2.19. The molecule has 6 nitrogen and oxygen atoms in total. The molecule has 0 saturated carbocycles. The molecular formula is C10H10O6S. The summed E-state index contributed by atoms with van der Waals surface area (Å²) in [6, 6.07) is 0. The summed E-state index contributed by atoms with van der Waals surface area (Å²) in [5, 5.41) is 10.4. The number of carboxylic acid groups (broad SMARTS) is 1. The first-order valence-corrected chi connectivity index (χ1v) is 5.82. The molecule has 1 N–H and O–H groups in total. The summed E-state index contributed by atoms with van der Waals surface area (Å²) < 4.78 is 15.3. The highest BCUT2D eigenvalue weighted by atomic mass is 32.1. The second-order valence-corrected chi connectivity index (χ2v) is 4.11. The van der Waals surface area contributed by atoms with Crippen LogP contribution in [0.3, 0.4) is 0 Å². The number of ether oxygens (including phenoxy) is 3. The standard InChI is InChI=1S/C10H10O6S/c1-2-14-10(13)8-7-6(4-17-8)15-3-5(16-7)9(11)12/h4-5H,2-3H2,1H3,(H,11,12). The molecule has 0 aliphatic carbocycles. The summed E-state index contributed by atoms with van der Waals surface area (Å²) in [6.45, 7) is 1.87. The molecule has 1 atom stereocenters. The van der Waals surface area contributed by atoms with E-state index in [-0.39, 0.29) is 23.8 Å². The lowest BCUT2D eigenvalue weighted by molar-refractivity contribution is -0.147. The van der Waals surface area contributed by atoms with Crippen LogP contribution in [0.15, 0.2) is 5.38 Å². The van der Waals surface area contributed by atoms with Crippen LogP contribution in [-0.2, 0) is 9.53 Å². The summed E-state index contributed by atoms with van der Waals surface area (Å²) in [5.74, 6) is -1.12. The summed E-state index contributed by atoms with van der Waals surface area (Å²) >= 11 is 1.11. The van der Waals surface area contributed by atoms with E-state index in [0.717, 1.165) is 11.3 Å². The second-order valence-electron chi connectivity index (χ2n) is 3.23. The number of rotatable bonds is 3. The molecule has 92 valence electrons. The maximum absolute atomic E-state index is 11.6. The smallest absolute Gasteiger partial charge is 0.352 e. The summed E-state index contributed by atoms with van der Waals surface area (Å²) in [4.78, 5) is 22.6. The molecule has 0 radical (unpaired) electrons. The van der Waals surface area contributed by atoms with Crippen LogP contribution in [-0.4, -0.2) is 36.4 Å². The predicted octanol–water partition coefficient (Wildman–Crippen LogP) is 1.15. The van der Waals surface area contributed by atoms with Crippen LogP contribution in [0.5, 0.6) is 11.5 Å². The van der Waals surface area contributed by atoms with Crippen LogP contribution in [0.2, 0.25) is 0 Å². The Morgan fingerprint density at radius 2 is 2.41 bits per heavy atom. The third-order valence-electron chi connectivity index (χ3n) is 2.10. The van der Waals surface area contributed by atoms with Crippen molar-refractivity contribution in [3.8, 4) is 11.5 Å². The van der Waals surface area contributed by atoms with Crippen molar-refractivity contribution in [1.29, 1.82) is 0 Å². The fourth-order valence-corrected chi connectivity index (χ4v) is 2.15. The van der Waals surface area contributed by atoms with Crippen molar-refractivity contribution in [2.45, 2.75) is 13.0 Å². The first-order valence-electron chi connectivity index (χ1n) is 4.94. The van der Waals surface area contributed by atoms with Gasteiger partial charge in [-0.1, -0.05) is 0 Å². The summed E-state index contributed by atoms with van der Waals surface area (Å²) in [5.41, 5.74) is 0. The van der Waals surface area contributed by atoms with Crippen molar-refractivity contribution < 1.29 is 28.9 Å². The van der Waals surface area contributed by atoms with Crippen molar-refractivity contribution in [3.63, 3.8) is 0 Å². The van der Waals surface area contributed by atoms with E-state index in [2.05, 4.69) is 0 Å². The van der Waals surface area contributed by atoms with Gasteiger partial charge in [0.1, 0.15) is 6.61 Å². The van der Waals surface area contributed by atoms with E-state index in [1.807, 2.05) is 0 Å². The monoisotopic (exact) mass is 258 g/mol. The van der Waals surface area contributed by atoms with Gasteiger partial charge >= 0.3 is 11.9 Å². The molecule has 17 heavy (non-hydrogen) atoms. The molecule has 1 unspecified atom stereocenters. The van der Waals surface area contributed by atoms with Crippen LogP contribution >= 0.6 is 11.3 Å². The van der Waals surface area contributed by atoms with E-state index in [1.165, 1.54) is 0 Å².